The average molecular weight is 431 g/mol. The molecular weight excluding hydrogens is 408 g/mol. The molecule has 1 atom stereocenters. The first-order chi connectivity index (χ1) is 14.1. The Bertz CT molecular complexity index is 1040. The van der Waals surface area contributed by atoms with Crippen LogP contribution in [0.4, 0.5) is 5.82 Å². The molecule has 7 nitrogen and oxygen atoms in total. The van der Waals surface area contributed by atoms with Crippen LogP contribution in [-0.2, 0) is 9.53 Å². The van der Waals surface area contributed by atoms with Crippen molar-refractivity contribution in [2.24, 2.45) is 0 Å². The van der Waals surface area contributed by atoms with Crippen molar-refractivity contribution >= 4 is 51.7 Å². The van der Waals surface area contributed by atoms with Gasteiger partial charge in [0.2, 0.25) is 0 Å². The quantitative estimate of drug-likeness (QED) is 0.558. The molecule has 152 valence electrons. The van der Waals surface area contributed by atoms with Gasteiger partial charge in [0.15, 0.2) is 0 Å². The molecule has 0 aromatic carbocycles. The number of thiocarbonyl (C=S) groups is 1. The number of rotatable bonds is 6. The maximum atomic E-state index is 13.1. The number of aromatic nitrogens is 2. The van der Waals surface area contributed by atoms with Crippen molar-refractivity contribution in [2.75, 3.05) is 25.0 Å². The molecule has 1 amide bonds. The van der Waals surface area contributed by atoms with Crippen molar-refractivity contribution in [1.29, 1.82) is 0 Å². The van der Waals surface area contributed by atoms with Gasteiger partial charge in [-0.2, -0.15) is 0 Å². The van der Waals surface area contributed by atoms with Gasteiger partial charge in [-0.1, -0.05) is 37.0 Å². The monoisotopic (exact) mass is 430 g/mol. The standard InChI is InChI=1S/C20H22N4O3S2/c1-2-8-21-17-14(18(25)23-9-4-3-7-16(23)22-17)11-15-19(26)24(20(28)29-15)12-13-6-5-10-27-13/h3-4,7,9,11,13,21H,2,5-6,8,10,12H2,1H3/b15-11-/t13-/m1/s1. The van der Waals surface area contributed by atoms with Crippen LogP contribution >= 0.6 is 24.0 Å². The van der Waals surface area contributed by atoms with Gasteiger partial charge in [0, 0.05) is 19.3 Å². The summed E-state index contributed by atoms with van der Waals surface area (Å²) in [6.45, 7) is 3.90. The van der Waals surface area contributed by atoms with E-state index in [2.05, 4.69) is 10.3 Å². The van der Waals surface area contributed by atoms with E-state index in [4.69, 9.17) is 17.0 Å². The number of pyridine rings is 1. The molecule has 0 bridgehead atoms. The van der Waals surface area contributed by atoms with E-state index in [9.17, 15) is 9.59 Å². The Morgan fingerprint density at radius 3 is 3.03 bits per heavy atom. The van der Waals surface area contributed by atoms with Crippen molar-refractivity contribution in [2.45, 2.75) is 32.3 Å². The molecule has 2 aromatic rings. The smallest absolute Gasteiger partial charge is 0.267 e. The van der Waals surface area contributed by atoms with Gasteiger partial charge >= 0.3 is 0 Å². The second-order valence-corrected chi connectivity index (χ2v) is 8.64. The van der Waals surface area contributed by atoms with Gasteiger partial charge in [0.25, 0.3) is 11.5 Å². The number of anilines is 1. The fraction of sp³-hybridized carbons (Fsp3) is 0.400. The summed E-state index contributed by atoms with van der Waals surface area (Å²) in [6.07, 6.45) is 6.12. The number of amides is 1. The van der Waals surface area contributed by atoms with Crippen molar-refractivity contribution in [3.63, 3.8) is 0 Å². The van der Waals surface area contributed by atoms with Gasteiger partial charge in [0.1, 0.15) is 15.8 Å². The molecule has 0 aliphatic carbocycles. The fourth-order valence-corrected chi connectivity index (χ4v) is 4.65. The molecule has 2 aliphatic rings. The predicted octanol–water partition coefficient (Wildman–Crippen LogP) is 2.90. The van der Waals surface area contributed by atoms with Crippen LogP contribution in [0.15, 0.2) is 34.1 Å². The minimum atomic E-state index is -0.224. The zero-order valence-electron chi connectivity index (χ0n) is 16.1. The second-order valence-electron chi connectivity index (χ2n) is 6.96. The molecule has 0 saturated carbocycles. The lowest BCUT2D eigenvalue weighted by Gasteiger charge is -2.18. The Morgan fingerprint density at radius 1 is 1.41 bits per heavy atom. The zero-order chi connectivity index (χ0) is 20.4. The first-order valence-electron chi connectivity index (χ1n) is 9.70. The molecule has 4 heterocycles. The molecule has 0 radical (unpaired) electrons. The SMILES string of the molecule is CCCNc1nc2ccccn2c(=O)c1/C=C1\SC(=S)N(C[C@H]2CCCO2)C1=O. The Morgan fingerprint density at radius 2 is 2.28 bits per heavy atom. The summed E-state index contributed by atoms with van der Waals surface area (Å²) < 4.78 is 7.62. The topological polar surface area (TPSA) is 75.9 Å². The van der Waals surface area contributed by atoms with Gasteiger partial charge in [-0.15, -0.1) is 0 Å². The minimum Gasteiger partial charge on any atom is -0.376 e. The van der Waals surface area contributed by atoms with Gasteiger partial charge < -0.3 is 10.1 Å². The predicted molar refractivity (Wildman–Crippen MR) is 119 cm³/mol. The van der Waals surface area contributed by atoms with E-state index < -0.39 is 0 Å². The number of carbonyl (C=O) groups is 1. The Hall–Kier alpha value is -2.23. The first-order valence-corrected chi connectivity index (χ1v) is 10.9. The van der Waals surface area contributed by atoms with Gasteiger partial charge in [-0.05, 0) is 37.5 Å². The summed E-state index contributed by atoms with van der Waals surface area (Å²) in [6, 6.07) is 5.39. The molecule has 2 fully saturated rings. The second kappa shape index (κ2) is 8.64. The maximum Gasteiger partial charge on any atom is 0.267 e. The van der Waals surface area contributed by atoms with E-state index in [1.165, 1.54) is 16.2 Å². The molecule has 1 N–H and O–H groups in total. The normalized spacial score (nSPS) is 20.9. The number of fused-ring (bicyclic) bond motifs is 1. The summed E-state index contributed by atoms with van der Waals surface area (Å²) in [4.78, 5) is 32.6. The van der Waals surface area contributed by atoms with Gasteiger partial charge in [-0.25, -0.2) is 4.98 Å². The fourth-order valence-electron chi connectivity index (χ4n) is 3.39. The van der Waals surface area contributed by atoms with E-state index in [1.807, 2.05) is 13.0 Å². The molecule has 0 unspecified atom stereocenters. The third-order valence-electron chi connectivity index (χ3n) is 4.87. The third kappa shape index (κ3) is 4.08. The van der Waals surface area contributed by atoms with E-state index in [0.29, 0.717) is 39.3 Å². The average Bonchev–Trinajstić information content (AvgIpc) is 3.33. The summed E-state index contributed by atoms with van der Waals surface area (Å²) in [5.41, 5.74) is 0.692. The van der Waals surface area contributed by atoms with Crippen LogP contribution in [0.3, 0.4) is 0 Å². The lowest BCUT2D eigenvalue weighted by molar-refractivity contribution is -0.123. The van der Waals surface area contributed by atoms with Crippen LogP contribution in [0.5, 0.6) is 0 Å². The highest BCUT2D eigenvalue weighted by Gasteiger charge is 2.35. The Labute approximate surface area is 178 Å². The summed E-state index contributed by atoms with van der Waals surface area (Å²) in [5, 5.41) is 3.21. The van der Waals surface area contributed by atoms with E-state index in [1.54, 1.807) is 29.3 Å². The van der Waals surface area contributed by atoms with Crippen LogP contribution in [0, 0.1) is 0 Å². The number of ether oxygens (including phenoxy) is 1. The molecule has 4 rings (SSSR count). The highest BCUT2D eigenvalue weighted by Crippen LogP contribution is 2.34. The molecular formula is C20H22N4O3S2. The first kappa shape index (κ1) is 20.1. The van der Waals surface area contributed by atoms with Crippen LogP contribution in [-0.4, -0.2) is 50.3 Å². The third-order valence-corrected chi connectivity index (χ3v) is 6.25. The summed E-state index contributed by atoms with van der Waals surface area (Å²) >= 11 is 6.63. The number of carbonyl (C=O) groups excluding carboxylic acids is 1. The number of nitrogens with one attached hydrogen (secondary N) is 1. The van der Waals surface area contributed by atoms with Gasteiger partial charge in [-0.3, -0.25) is 18.9 Å². The molecule has 9 heteroatoms. The highest BCUT2D eigenvalue weighted by molar-refractivity contribution is 8.26. The van der Waals surface area contributed by atoms with E-state index >= 15 is 0 Å². The number of thioether (sulfide) groups is 1. The molecule has 2 aliphatic heterocycles. The summed E-state index contributed by atoms with van der Waals surface area (Å²) in [7, 11) is 0. The van der Waals surface area contributed by atoms with Crippen molar-refractivity contribution in [1.82, 2.24) is 14.3 Å². The van der Waals surface area contributed by atoms with Crippen LogP contribution < -0.4 is 10.9 Å². The summed E-state index contributed by atoms with van der Waals surface area (Å²) in [5.74, 6) is 0.293. The van der Waals surface area contributed by atoms with Crippen molar-refractivity contribution < 1.29 is 9.53 Å². The maximum absolute atomic E-state index is 13.1. The minimum absolute atomic E-state index is 0.0200. The largest absolute Gasteiger partial charge is 0.376 e. The zero-order valence-corrected chi connectivity index (χ0v) is 17.7. The van der Waals surface area contributed by atoms with E-state index in [-0.39, 0.29) is 17.6 Å². The highest BCUT2D eigenvalue weighted by atomic mass is 32.2. The van der Waals surface area contributed by atoms with E-state index in [0.717, 1.165) is 25.9 Å². The number of hydrogen-bond donors (Lipinski definition) is 1. The molecule has 29 heavy (non-hydrogen) atoms. The lowest BCUT2D eigenvalue weighted by atomic mass is 10.2. The molecule has 2 aromatic heterocycles. The van der Waals surface area contributed by atoms with Crippen molar-refractivity contribution in [3.8, 4) is 0 Å². The molecule has 0 spiro atoms. The van der Waals surface area contributed by atoms with Gasteiger partial charge in [0.05, 0.1) is 23.1 Å². The van der Waals surface area contributed by atoms with Crippen LogP contribution in [0.25, 0.3) is 11.7 Å². The molecule has 2 saturated heterocycles. The van der Waals surface area contributed by atoms with Crippen LogP contribution in [0.1, 0.15) is 31.7 Å². The van der Waals surface area contributed by atoms with Crippen molar-refractivity contribution in [3.05, 3.63) is 45.2 Å². The number of nitrogens with zero attached hydrogens (tertiary/aromatic N) is 3. The Kier molecular flexibility index (Phi) is 5.98. The Balaban J connectivity index is 1.71. The van der Waals surface area contributed by atoms with Crippen LogP contribution in [0.2, 0.25) is 0 Å². The lowest BCUT2D eigenvalue weighted by Crippen LogP contribution is -2.35. The number of hydrogen-bond acceptors (Lipinski definition) is 7.